The van der Waals surface area contributed by atoms with Crippen molar-refractivity contribution in [3.8, 4) is 0 Å². The molecule has 1 saturated heterocycles. The minimum absolute atomic E-state index is 0.126. The molecule has 1 N–H and O–H groups in total. The predicted molar refractivity (Wildman–Crippen MR) is 109 cm³/mol. The third kappa shape index (κ3) is 4.86. The van der Waals surface area contributed by atoms with E-state index in [1.54, 1.807) is 22.7 Å². The van der Waals surface area contributed by atoms with Gasteiger partial charge in [-0.1, -0.05) is 13.5 Å². The van der Waals surface area contributed by atoms with Crippen LogP contribution >= 0.6 is 11.3 Å². The minimum atomic E-state index is -0.348. The third-order valence-corrected chi connectivity index (χ3v) is 5.30. The summed E-state index contributed by atoms with van der Waals surface area (Å²) in [5.41, 5.74) is 1.34. The molecule has 2 unspecified atom stereocenters. The Kier molecular flexibility index (Phi) is 6.25. The number of hydrogen-bond donors (Lipinski definition) is 1. The highest BCUT2D eigenvalue weighted by Gasteiger charge is 2.29. The predicted octanol–water partition coefficient (Wildman–Crippen LogP) is 2.87. The summed E-state index contributed by atoms with van der Waals surface area (Å²) in [7, 11) is 0. The number of amides is 2. The molecule has 0 radical (unpaired) electrons. The maximum absolute atomic E-state index is 12.7. The van der Waals surface area contributed by atoms with E-state index in [0.29, 0.717) is 29.9 Å². The largest absolute Gasteiger partial charge is 0.337 e. The Bertz CT molecular complexity index is 892. The van der Waals surface area contributed by atoms with Gasteiger partial charge in [-0.2, -0.15) is 0 Å². The quantitative estimate of drug-likeness (QED) is 0.616. The van der Waals surface area contributed by atoms with Crippen molar-refractivity contribution in [1.29, 1.82) is 0 Å². The van der Waals surface area contributed by atoms with Crippen LogP contribution in [0.5, 0.6) is 0 Å². The van der Waals surface area contributed by atoms with E-state index in [4.69, 9.17) is 0 Å². The van der Waals surface area contributed by atoms with Gasteiger partial charge in [0.15, 0.2) is 5.13 Å². The number of aliphatic imine (C=N–C) groups is 1. The maximum atomic E-state index is 12.7. The molecular weight excluding hydrogens is 376 g/mol. The van der Waals surface area contributed by atoms with Gasteiger partial charge < -0.3 is 4.90 Å². The second-order valence-corrected chi connectivity index (χ2v) is 7.61. The second kappa shape index (κ2) is 8.83. The molecule has 2 aromatic heterocycles. The van der Waals surface area contributed by atoms with Crippen LogP contribution in [0.25, 0.3) is 0 Å². The van der Waals surface area contributed by atoms with Crippen molar-refractivity contribution in [2.24, 2.45) is 16.8 Å². The first-order valence-electron chi connectivity index (χ1n) is 8.97. The van der Waals surface area contributed by atoms with Crippen molar-refractivity contribution < 1.29 is 9.59 Å². The van der Waals surface area contributed by atoms with E-state index in [2.05, 4.69) is 38.8 Å². The van der Waals surface area contributed by atoms with Crippen LogP contribution in [-0.2, 0) is 4.79 Å². The summed E-state index contributed by atoms with van der Waals surface area (Å²) in [6, 6.07) is 0. The number of nitrogens with zero attached hydrogens (tertiary/aromatic N) is 5. The first-order valence-corrected chi connectivity index (χ1v) is 9.85. The molecule has 3 heterocycles. The average molecular weight is 398 g/mol. The van der Waals surface area contributed by atoms with Crippen molar-refractivity contribution in [1.82, 2.24) is 19.9 Å². The molecule has 0 saturated carbocycles. The van der Waals surface area contributed by atoms with Gasteiger partial charge in [0.2, 0.25) is 11.9 Å². The molecule has 146 valence electrons. The highest BCUT2D eigenvalue weighted by molar-refractivity contribution is 7.14. The molecule has 1 aliphatic heterocycles. The Hall–Kier alpha value is -2.94. The second-order valence-electron chi connectivity index (χ2n) is 6.75. The molecule has 2 aromatic rings. The first-order chi connectivity index (χ1) is 13.5. The van der Waals surface area contributed by atoms with Crippen LogP contribution in [0.4, 0.5) is 11.1 Å². The van der Waals surface area contributed by atoms with Gasteiger partial charge in [0.1, 0.15) is 5.69 Å². The number of thiazole rings is 1. The van der Waals surface area contributed by atoms with Gasteiger partial charge in [-0.25, -0.2) is 19.9 Å². The zero-order chi connectivity index (χ0) is 20.1. The molecule has 1 aliphatic rings. The lowest BCUT2D eigenvalue weighted by Gasteiger charge is -2.34. The molecule has 3 rings (SSSR count). The van der Waals surface area contributed by atoms with Crippen molar-refractivity contribution in [2.75, 3.05) is 18.4 Å². The molecule has 0 bridgehead atoms. The maximum Gasteiger partial charge on any atom is 0.273 e. The van der Waals surface area contributed by atoms with Crippen molar-refractivity contribution in [3.63, 3.8) is 0 Å². The summed E-state index contributed by atoms with van der Waals surface area (Å²) in [4.78, 5) is 42.8. The lowest BCUT2D eigenvalue weighted by atomic mass is 9.88. The number of anilines is 1. The van der Waals surface area contributed by atoms with E-state index in [0.717, 1.165) is 12.0 Å². The highest BCUT2D eigenvalue weighted by Crippen LogP contribution is 2.25. The van der Waals surface area contributed by atoms with Crippen LogP contribution in [0.15, 0.2) is 35.4 Å². The number of carbonyl (C=O) groups is 2. The van der Waals surface area contributed by atoms with Gasteiger partial charge in [0.25, 0.3) is 5.91 Å². The molecule has 2 amide bonds. The van der Waals surface area contributed by atoms with E-state index in [-0.39, 0.29) is 23.7 Å². The van der Waals surface area contributed by atoms with Crippen LogP contribution in [0.1, 0.15) is 29.4 Å². The topological polar surface area (TPSA) is 100 Å². The molecule has 9 heteroatoms. The Balaban J connectivity index is 1.58. The number of hydrogen-bond acceptors (Lipinski definition) is 7. The molecule has 2 atom stereocenters. The van der Waals surface area contributed by atoms with Crippen LogP contribution in [0.3, 0.4) is 0 Å². The number of piperidine rings is 1. The molecule has 1 fully saturated rings. The molecule has 0 aromatic carbocycles. The Morgan fingerprint density at radius 1 is 1.39 bits per heavy atom. The highest BCUT2D eigenvalue weighted by atomic mass is 32.1. The van der Waals surface area contributed by atoms with Crippen molar-refractivity contribution in [3.05, 3.63) is 41.7 Å². The molecule has 0 spiro atoms. The van der Waals surface area contributed by atoms with Crippen LogP contribution in [-0.4, -0.2) is 51.0 Å². The average Bonchev–Trinajstić information content (AvgIpc) is 3.16. The molecule has 28 heavy (non-hydrogen) atoms. The number of likely N-dealkylation sites (tertiary alicyclic amines) is 1. The Morgan fingerprint density at radius 2 is 2.14 bits per heavy atom. The fourth-order valence-electron chi connectivity index (χ4n) is 2.93. The lowest BCUT2D eigenvalue weighted by Crippen LogP contribution is -2.43. The SMILES string of the molecule is C=CC(=O)Nc1nc(C(=O)N2CCC(/C=N/c3ncc(C)cn3)C(C)C2)cs1. The standard InChI is InChI=1S/C19H22N6O2S/c1-4-16(26)24-19-23-15(11-28-19)17(27)25-6-5-14(13(3)10-25)9-22-18-20-7-12(2)8-21-18/h4,7-9,11,13-14H,1,5-6,10H2,2-3H3,(H,23,24,26)/b22-9+. The van der Waals surface area contributed by atoms with E-state index in [1.807, 2.05) is 13.1 Å². The minimum Gasteiger partial charge on any atom is -0.337 e. The fraction of sp³-hybridized carbons (Fsp3) is 0.368. The van der Waals surface area contributed by atoms with Crippen LogP contribution in [0.2, 0.25) is 0 Å². The Labute approximate surface area is 167 Å². The van der Waals surface area contributed by atoms with Gasteiger partial charge in [-0.05, 0) is 30.9 Å². The Morgan fingerprint density at radius 3 is 2.82 bits per heavy atom. The molecule has 8 nitrogen and oxygen atoms in total. The fourth-order valence-corrected chi connectivity index (χ4v) is 3.62. The number of aryl methyl sites for hydroxylation is 1. The van der Waals surface area contributed by atoms with E-state index < -0.39 is 0 Å². The summed E-state index contributed by atoms with van der Waals surface area (Å²) < 4.78 is 0. The van der Waals surface area contributed by atoms with Crippen LogP contribution < -0.4 is 5.32 Å². The molecule has 0 aliphatic carbocycles. The van der Waals surface area contributed by atoms with Gasteiger partial charge in [0.05, 0.1) is 0 Å². The van der Waals surface area contributed by atoms with Gasteiger partial charge in [-0.15, -0.1) is 11.3 Å². The number of nitrogens with one attached hydrogen (secondary N) is 1. The van der Waals surface area contributed by atoms with Crippen LogP contribution in [0, 0.1) is 18.8 Å². The smallest absolute Gasteiger partial charge is 0.273 e. The normalized spacial score (nSPS) is 19.6. The van der Waals surface area contributed by atoms with Gasteiger partial charge >= 0.3 is 0 Å². The van der Waals surface area contributed by atoms with Crippen molar-refractivity contribution >= 4 is 40.4 Å². The number of aromatic nitrogens is 3. The molecular formula is C19H22N6O2S. The lowest BCUT2D eigenvalue weighted by molar-refractivity contribution is -0.111. The van der Waals surface area contributed by atoms with Crippen molar-refractivity contribution in [2.45, 2.75) is 20.3 Å². The monoisotopic (exact) mass is 398 g/mol. The zero-order valence-corrected chi connectivity index (χ0v) is 16.6. The van der Waals surface area contributed by atoms with Gasteiger partial charge in [-0.3, -0.25) is 14.9 Å². The summed E-state index contributed by atoms with van der Waals surface area (Å²) in [6.45, 7) is 8.68. The summed E-state index contributed by atoms with van der Waals surface area (Å²) in [5.74, 6) is 0.490. The van der Waals surface area contributed by atoms with Gasteiger partial charge in [0, 0.05) is 43.0 Å². The van der Waals surface area contributed by atoms with E-state index in [1.165, 1.54) is 17.4 Å². The summed E-state index contributed by atoms with van der Waals surface area (Å²) in [6.07, 6.45) is 7.35. The first kappa shape index (κ1) is 19.8. The summed E-state index contributed by atoms with van der Waals surface area (Å²) >= 11 is 1.22. The van der Waals surface area contributed by atoms with E-state index in [9.17, 15) is 9.59 Å². The zero-order valence-electron chi connectivity index (χ0n) is 15.8. The van der Waals surface area contributed by atoms with E-state index >= 15 is 0 Å². The third-order valence-electron chi connectivity index (χ3n) is 4.55. The summed E-state index contributed by atoms with van der Waals surface area (Å²) in [5, 5.41) is 4.62. The number of rotatable bonds is 5. The number of carbonyl (C=O) groups excluding carboxylic acids is 2.